The van der Waals surface area contributed by atoms with Crippen LogP contribution in [0.15, 0.2) is 36.4 Å². The Hall–Kier alpha value is -2.72. The van der Waals surface area contributed by atoms with Crippen LogP contribution in [0.5, 0.6) is 5.75 Å². The molecule has 0 spiro atoms. The number of aliphatic hydroxyl groups excluding tert-OH is 1. The van der Waals surface area contributed by atoms with Gasteiger partial charge in [0.15, 0.2) is 11.6 Å². The zero-order chi connectivity index (χ0) is 16.8. The summed E-state index contributed by atoms with van der Waals surface area (Å²) >= 11 is 0. The molecule has 0 aliphatic heterocycles. The molecule has 2 N–H and O–H groups in total. The summed E-state index contributed by atoms with van der Waals surface area (Å²) in [5.74, 6) is -2.57. The number of hydrogen-bond acceptors (Lipinski definition) is 4. The van der Waals surface area contributed by atoms with Gasteiger partial charge in [-0.3, -0.25) is 0 Å². The Kier molecular flexibility index (Phi) is 5.44. The van der Waals surface area contributed by atoms with Crippen molar-refractivity contribution in [3.8, 4) is 11.8 Å². The maximum Gasteiger partial charge on any atom is 0.162 e. The standard InChI is InChI=1S/C16H13F3N2O2/c17-13-3-2-12(6-14(13)18)23-9-11(22)8-21-16-4-1-10(7-20)5-15(16)19/h1-6,11,21-22H,8-9H2. The monoisotopic (exact) mass is 322 g/mol. The first-order valence-corrected chi connectivity index (χ1v) is 6.69. The van der Waals surface area contributed by atoms with Crippen molar-refractivity contribution < 1.29 is 23.0 Å². The zero-order valence-corrected chi connectivity index (χ0v) is 11.9. The number of aliphatic hydroxyl groups is 1. The van der Waals surface area contributed by atoms with Gasteiger partial charge < -0.3 is 15.2 Å². The predicted molar refractivity (Wildman–Crippen MR) is 77.5 cm³/mol. The van der Waals surface area contributed by atoms with Crippen molar-refractivity contribution in [2.45, 2.75) is 6.10 Å². The van der Waals surface area contributed by atoms with Crippen LogP contribution in [0, 0.1) is 28.8 Å². The second kappa shape index (κ2) is 7.51. The van der Waals surface area contributed by atoms with E-state index in [1.807, 2.05) is 6.07 Å². The van der Waals surface area contributed by atoms with Gasteiger partial charge in [-0.05, 0) is 30.3 Å². The van der Waals surface area contributed by atoms with Crippen LogP contribution in [0.1, 0.15) is 5.56 Å². The van der Waals surface area contributed by atoms with Crippen molar-refractivity contribution in [1.82, 2.24) is 0 Å². The second-order valence-electron chi connectivity index (χ2n) is 4.73. The topological polar surface area (TPSA) is 65.3 Å². The summed E-state index contributed by atoms with van der Waals surface area (Å²) in [7, 11) is 0. The highest BCUT2D eigenvalue weighted by atomic mass is 19.2. The summed E-state index contributed by atoms with van der Waals surface area (Å²) < 4.78 is 44.5. The molecule has 1 atom stereocenters. The summed E-state index contributed by atoms with van der Waals surface area (Å²) in [5, 5.41) is 21.1. The summed E-state index contributed by atoms with van der Waals surface area (Å²) in [5.41, 5.74) is 0.325. The van der Waals surface area contributed by atoms with Crippen LogP contribution in [0.3, 0.4) is 0 Å². The van der Waals surface area contributed by atoms with Gasteiger partial charge >= 0.3 is 0 Å². The highest BCUT2D eigenvalue weighted by Crippen LogP contribution is 2.17. The number of nitrogens with zero attached hydrogens (tertiary/aromatic N) is 1. The van der Waals surface area contributed by atoms with Gasteiger partial charge in [-0.15, -0.1) is 0 Å². The highest BCUT2D eigenvalue weighted by molar-refractivity contribution is 5.48. The van der Waals surface area contributed by atoms with E-state index >= 15 is 0 Å². The Labute approximate surface area is 130 Å². The number of rotatable bonds is 6. The minimum absolute atomic E-state index is 0.0213. The van der Waals surface area contributed by atoms with Gasteiger partial charge in [-0.25, -0.2) is 13.2 Å². The molecule has 0 aliphatic carbocycles. The fourth-order valence-electron chi connectivity index (χ4n) is 1.77. The maximum absolute atomic E-state index is 13.6. The number of anilines is 1. The van der Waals surface area contributed by atoms with E-state index in [1.54, 1.807) is 0 Å². The summed E-state index contributed by atoms with van der Waals surface area (Å²) in [6, 6.07) is 8.74. The van der Waals surface area contributed by atoms with Gasteiger partial charge in [-0.1, -0.05) is 0 Å². The molecule has 2 aromatic rings. The van der Waals surface area contributed by atoms with E-state index in [9.17, 15) is 18.3 Å². The van der Waals surface area contributed by atoms with Crippen LogP contribution in [0.2, 0.25) is 0 Å². The lowest BCUT2D eigenvalue weighted by atomic mass is 10.2. The number of nitriles is 1. The molecule has 0 bridgehead atoms. The summed E-state index contributed by atoms with van der Waals surface area (Å²) in [6.45, 7) is -0.206. The molecule has 0 aliphatic rings. The first-order valence-electron chi connectivity index (χ1n) is 6.69. The zero-order valence-electron chi connectivity index (χ0n) is 11.9. The Bertz CT molecular complexity index is 732. The summed E-state index contributed by atoms with van der Waals surface area (Å²) in [4.78, 5) is 0. The van der Waals surface area contributed by atoms with Gasteiger partial charge in [0.1, 0.15) is 24.3 Å². The second-order valence-corrected chi connectivity index (χ2v) is 4.73. The van der Waals surface area contributed by atoms with E-state index in [-0.39, 0.29) is 30.2 Å². The number of benzene rings is 2. The fraction of sp³-hybridized carbons (Fsp3) is 0.188. The van der Waals surface area contributed by atoms with Crippen molar-refractivity contribution in [1.29, 1.82) is 5.26 Å². The summed E-state index contributed by atoms with van der Waals surface area (Å²) in [6.07, 6.45) is -1.00. The molecule has 7 heteroatoms. The molecular weight excluding hydrogens is 309 g/mol. The van der Waals surface area contributed by atoms with Gasteiger partial charge in [0, 0.05) is 12.6 Å². The average Bonchev–Trinajstić information content (AvgIpc) is 2.54. The number of halogens is 3. The van der Waals surface area contributed by atoms with Gasteiger partial charge in [0.2, 0.25) is 0 Å². The number of hydrogen-bond donors (Lipinski definition) is 2. The Morgan fingerprint density at radius 2 is 1.87 bits per heavy atom. The van der Waals surface area contributed by atoms with Crippen LogP contribution in [-0.4, -0.2) is 24.4 Å². The first-order chi connectivity index (χ1) is 11.0. The van der Waals surface area contributed by atoms with Crippen LogP contribution in [0.4, 0.5) is 18.9 Å². The third kappa shape index (κ3) is 4.63. The smallest absolute Gasteiger partial charge is 0.162 e. The molecule has 0 radical (unpaired) electrons. The highest BCUT2D eigenvalue weighted by Gasteiger charge is 2.09. The molecule has 2 rings (SSSR count). The molecule has 0 fully saturated rings. The van der Waals surface area contributed by atoms with Crippen LogP contribution in [-0.2, 0) is 0 Å². The third-order valence-corrected chi connectivity index (χ3v) is 2.96. The molecule has 2 aromatic carbocycles. The SMILES string of the molecule is N#Cc1ccc(NCC(O)COc2ccc(F)c(F)c2)c(F)c1. The fourth-order valence-corrected chi connectivity index (χ4v) is 1.77. The molecule has 0 saturated heterocycles. The van der Waals surface area contributed by atoms with E-state index < -0.39 is 23.6 Å². The molecule has 4 nitrogen and oxygen atoms in total. The molecule has 1 unspecified atom stereocenters. The van der Waals surface area contributed by atoms with Crippen LogP contribution < -0.4 is 10.1 Å². The van der Waals surface area contributed by atoms with E-state index in [4.69, 9.17) is 10.00 Å². The van der Waals surface area contributed by atoms with Gasteiger partial charge in [0.05, 0.1) is 17.3 Å². The number of ether oxygens (including phenoxy) is 1. The van der Waals surface area contributed by atoms with Crippen molar-refractivity contribution in [3.63, 3.8) is 0 Å². The Morgan fingerprint density at radius 3 is 2.52 bits per heavy atom. The van der Waals surface area contributed by atoms with Crippen molar-refractivity contribution in [3.05, 3.63) is 59.4 Å². The lowest BCUT2D eigenvalue weighted by Gasteiger charge is -2.14. The van der Waals surface area contributed by atoms with Gasteiger partial charge in [0.25, 0.3) is 0 Å². The van der Waals surface area contributed by atoms with Gasteiger partial charge in [-0.2, -0.15) is 5.26 Å². The van der Waals surface area contributed by atoms with Crippen molar-refractivity contribution >= 4 is 5.69 Å². The molecule has 0 saturated carbocycles. The van der Waals surface area contributed by atoms with Crippen LogP contribution in [0.25, 0.3) is 0 Å². The Morgan fingerprint density at radius 1 is 1.09 bits per heavy atom. The normalized spacial score (nSPS) is 11.6. The first kappa shape index (κ1) is 16.6. The van der Waals surface area contributed by atoms with E-state index in [0.29, 0.717) is 0 Å². The molecule has 0 heterocycles. The lowest BCUT2D eigenvalue weighted by molar-refractivity contribution is 0.117. The lowest BCUT2D eigenvalue weighted by Crippen LogP contribution is -2.26. The van der Waals surface area contributed by atoms with Crippen molar-refractivity contribution in [2.24, 2.45) is 0 Å². The molecule has 0 amide bonds. The molecular formula is C16H13F3N2O2. The molecule has 0 aromatic heterocycles. The minimum atomic E-state index is -1.05. The predicted octanol–water partition coefficient (Wildman–Crippen LogP) is 2.83. The van der Waals surface area contributed by atoms with Crippen molar-refractivity contribution in [2.75, 3.05) is 18.5 Å². The van der Waals surface area contributed by atoms with E-state index in [2.05, 4.69) is 5.32 Å². The third-order valence-electron chi connectivity index (χ3n) is 2.96. The largest absolute Gasteiger partial charge is 0.491 e. The minimum Gasteiger partial charge on any atom is -0.491 e. The van der Waals surface area contributed by atoms with E-state index in [1.165, 1.54) is 18.2 Å². The maximum atomic E-state index is 13.6. The number of nitrogens with one attached hydrogen (secondary N) is 1. The average molecular weight is 322 g/mol. The Balaban J connectivity index is 1.84. The quantitative estimate of drug-likeness (QED) is 0.858. The molecule has 120 valence electrons. The van der Waals surface area contributed by atoms with Crippen LogP contribution >= 0.6 is 0 Å². The molecule has 23 heavy (non-hydrogen) atoms. The van der Waals surface area contributed by atoms with E-state index in [0.717, 1.165) is 18.2 Å².